The summed E-state index contributed by atoms with van der Waals surface area (Å²) in [5.41, 5.74) is -0.839. The first-order chi connectivity index (χ1) is 7.23. The molecular formula is C12H15O4-. The highest BCUT2D eigenvalue weighted by atomic mass is 16.4. The van der Waals surface area contributed by atoms with Gasteiger partial charge in [0, 0.05) is 5.41 Å². The summed E-state index contributed by atoms with van der Waals surface area (Å²) in [7, 11) is 0. The van der Waals surface area contributed by atoms with E-state index in [2.05, 4.69) is 0 Å². The molecule has 2 aliphatic rings. The number of Topliss-reactive ketones (excluding diaryl/α,β-unsaturated/α-hetero) is 1. The molecule has 4 nitrogen and oxygen atoms in total. The molecular weight excluding hydrogens is 208 g/mol. The van der Waals surface area contributed by atoms with E-state index in [1.807, 2.05) is 20.8 Å². The highest BCUT2D eigenvalue weighted by molar-refractivity contribution is 6.08. The summed E-state index contributed by atoms with van der Waals surface area (Å²) in [5.74, 6) is -2.96. The number of ketones is 1. The molecule has 0 spiro atoms. The lowest BCUT2D eigenvalue weighted by Gasteiger charge is -2.31. The Hall–Kier alpha value is -1.32. The summed E-state index contributed by atoms with van der Waals surface area (Å²) in [5, 5.41) is 20.2. The fourth-order valence-electron chi connectivity index (χ4n) is 3.24. The van der Waals surface area contributed by atoms with E-state index >= 15 is 0 Å². The van der Waals surface area contributed by atoms with Crippen molar-refractivity contribution < 1.29 is 19.8 Å². The van der Waals surface area contributed by atoms with Gasteiger partial charge in [-0.25, -0.2) is 4.79 Å². The zero-order valence-corrected chi connectivity index (χ0v) is 9.66. The molecule has 0 unspecified atom stereocenters. The lowest BCUT2D eigenvalue weighted by atomic mass is 9.70. The molecule has 2 atom stereocenters. The predicted molar refractivity (Wildman–Crippen MR) is 54.3 cm³/mol. The molecule has 0 amide bonds. The van der Waals surface area contributed by atoms with E-state index in [-0.39, 0.29) is 22.7 Å². The third-order valence-electron chi connectivity index (χ3n) is 4.76. The molecule has 0 aromatic carbocycles. The Labute approximate surface area is 94.0 Å². The second-order valence-corrected chi connectivity index (χ2v) is 5.52. The number of carbonyl (C=O) groups excluding carboxylic acids is 1. The van der Waals surface area contributed by atoms with Gasteiger partial charge in [-0.15, -0.1) is 0 Å². The smallest absolute Gasteiger partial charge is 0.320 e. The monoisotopic (exact) mass is 223 g/mol. The van der Waals surface area contributed by atoms with Crippen LogP contribution in [0.2, 0.25) is 0 Å². The van der Waals surface area contributed by atoms with Gasteiger partial charge in [0.1, 0.15) is 0 Å². The van der Waals surface area contributed by atoms with E-state index in [9.17, 15) is 14.7 Å². The summed E-state index contributed by atoms with van der Waals surface area (Å²) in [4.78, 5) is 22.8. The lowest BCUT2D eigenvalue weighted by molar-refractivity contribution is -0.304. The molecule has 0 aliphatic heterocycles. The van der Waals surface area contributed by atoms with Crippen molar-refractivity contribution in [3.05, 3.63) is 11.3 Å². The van der Waals surface area contributed by atoms with E-state index in [0.717, 1.165) is 12.8 Å². The van der Waals surface area contributed by atoms with E-state index in [4.69, 9.17) is 5.11 Å². The van der Waals surface area contributed by atoms with E-state index in [1.165, 1.54) is 0 Å². The number of carboxylic acids is 1. The van der Waals surface area contributed by atoms with Crippen molar-refractivity contribution in [3.63, 3.8) is 0 Å². The van der Waals surface area contributed by atoms with Crippen LogP contribution in [0.15, 0.2) is 11.3 Å². The Morgan fingerprint density at radius 3 is 2.38 bits per heavy atom. The second kappa shape index (κ2) is 2.87. The first-order valence-corrected chi connectivity index (χ1v) is 5.43. The van der Waals surface area contributed by atoms with E-state index in [1.54, 1.807) is 0 Å². The molecule has 88 valence electrons. The highest BCUT2D eigenvalue weighted by Gasteiger charge is 2.64. The topological polar surface area (TPSA) is 77.4 Å². The molecule has 0 radical (unpaired) electrons. The summed E-state index contributed by atoms with van der Waals surface area (Å²) < 4.78 is 0. The number of aliphatic carboxylic acids is 1. The van der Waals surface area contributed by atoms with Crippen LogP contribution in [0.25, 0.3) is 0 Å². The average Bonchev–Trinajstić information content (AvgIpc) is 2.48. The largest absolute Gasteiger partial charge is 0.867 e. The predicted octanol–water partition coefficient (Wildman–Crippen LogP) is 0.711. The number of hydrogen-bond acceptors (Lipinski definition) is 3. The maximum Gasteiger partial charge on any atom is 0.320 e. The zero-order valence-electron chi connectivity index (χ0n) is 9.66. The number of allylic oxidation sites excluding steroid dienone is 1. The Morgan fingerprint density at radius 2 is 2.00 bits per heavy atom. The van der Waals surface area contributed by atoms with Crippen LogP contribution in [-0.2, 0) is 9.59 Å². The Kier molecular flexibility index (Phi) is 2.00. The SMILES string of the molecule is CC1(C)[C@@H]2CC[C@@]1(C)C(=O)/C2=C(\[O-])C(=O)O. The molecule has 0 aromatic heterocycles. The van der Waals surface area contributed by atoms with Crippen LogP contribution in [0.1, 0.15) is 33.6 Å². The molecule has 4 heteroatoms. The Bertz CT molecular complexity index is 419. The van der Waals surface area contributed by atoms with Gasteiger partial charge in [0.15, 0.2) is 5.78 Å². The summed E-state index contributed by atoms with van der Waals surface area (Å²) in [6, 6.07) is 0. The first kappa shape index (κ1) is 11.2. The summed E-state index contributed by atoms with van der Waals surface area (Å²) in [6.07, 6.45) is 1.49. The van der Waals surface area contributed by atoms with Crippen molar-refractivity contribution in [2.24, 2.45) is 16.7 Å². The minimum absolute atomic E-state index is 0.0197. The average molecular weight is 223 g/mol. The molecule has 1 N–H and O–H groups in total. The molecule has 0 saturated heterocycles. The molecule has 16 heavy (non-hydrogen) atoms. The van der Waals surface area contributed by atoms with Gasteiger partial charge in [0.25, 0.3) is 0 Å². The maximum absolute atomic E-state index is 12.1. The normalized spacial score (nSPS) is 38.9. The molecule has 2 rings (SSSR count). The number of rotatable bonds is 1. The molecule has 2 bridgehead atoms. The molecule has 2 fully saturated rings. The number of carbonyl (C=O) groups is 2. The summed E-state index contributed by atoms with van der Waals surface area (Å²) >= 11 is 0. The minimum Gasteiger partial charge on any atom is -0.867 e. The quantitative estimate of drug-likeness (QED) is 0.524. The van der Waals surface area contributed by atoms with Gasteiger partial charge < -0.3 is 10.2 Å². The van der Waals surface area contributed by atoms with E-state index < -0.39 is 17.1 Å². The van der Waals surface area contributed by atoms with Gasteiger partial charge in [0.05, 0.1) is 0 Å². The van der Waals surface area contributed by atoms with Gasteiger partial charge >= 0.3 is 5.97 Å². The summed E-state index contributed by atoms with van der Waals surface area (Å²) in [6.45, 7) is 5.74. The van der Waals surface area contributed by atoms with Crippen LogP contribution in [0, 0.1) is 16.7 Å². The molecule has 2 aliphatic carbocycles. The van der Waals surface area contributed by atoms with Crippen molar-refractivity contribution in [2.45, 2.75) is 33.6 Å². The van der Waals surface area contributed by atoms with Crippen LogP contribution in [-0.4, -0.2) is 16.9 Å². The number of fused-ring (bicyclic) bond motifs is 2. The fraction of sp³-hybridized carbons (Fsp3) is 0.667. The Balaban J connectivity index is 2.61. The van der Waals surface area contributed by atoms with Crippen molar-refractivity contribution in [1.82, 2.24) is 0 Å². The third-order valence-corrected chi connectivity index (χ3v) is 4.76. The van der Waals surface area contributed by atoms with Crippen molar-refractivity contribution >= 4 is 11.8 Å². The first-order valence-electron chi connectivity index (χ1n) is 5.43. The molecule has 0 heterocycles. The second-order valence-electron chi connectivity index (χ2n) is 5.52. The van der Waals surface area contributed by atoms with Crippen molar-refractivity contribution in [2.75, 3.05) is 0 Å². The van der Waals surface area contributed by atoms with Crippen LogP contribution >= 0.6 is 0 Å². The zero-order chi connectivity index (χ0) is 12.3. The lowest BCUT2D eigenvalue weighted by Crippen LogP contribution is -2.33. The standard InChI is InChI=1S/C12H16O4/c1-11(2)6-4-5-12(11,3)9(14)7(6)8(13)10(15)16/h6,13H,4-5H2,1-3H3,(H,15,16)/p-1/b8-7-/t6-,12+/m1/s1. The van der Waals surface area contributed by atoms with Crippen LogP contribution in [0.5, 0.6) is 0 Å². The van der Waals surface area contributed by atoms with Crippen molar-refractivity contribution in [3.8, 4) is 0 Å². The minimum atomic E-state index is -1.52. The number of carboxylic acid groups (broad SMARTS) is 1. The van der Waals surface area contributed by atoms with Gasteiger partial charge in [-0.2, -0.15) is 0 Å². The fourth-order valence-corrected chi connectivity index (χ4v) is 3.24. The van der Waals surface area contributed by atoms with Gasteiger partial charge in [-0.05, 0) is 35.5 Å². The highest BCUT2D eigenvalue weighted by Crippen LogP contribution is 2.65. The maximum atomic E-state index is 12.1. The van der Waals surface area contributed by atoms with Crippen LogP contribution in [0.3, 0.4) is 0 Å². The molecule has 0 aromatic rings. The number of hydrogen-bond donors (Lipinski definition) is 1. The van der Waals surface area contributed by atoms with Crippen molar-refractivity contribution in [1.29, 1.82) is 0 Å². The van der Waals surface area contributed by atoms with E-state index in [0.29, 0.717) is 0 Å². The molecule has 2 saturated carbocycles. The van der Waals surface area contributed by atoms with Crippen LogP contribution < -0.4 is 5.11 Å². The van der Waals surface area contributed by atoms with Gasteiger partial charge in [-0.3, -0.25) is 4.79 Å². The van der Waals surface area contributed by atoms with Crippen LogP contribution in [0.4, 0.5) is 0 Å². The van der Waals surface area contributed by atoms with Gasteiger partial charge in [-0.1, -0.05) is 20.8 Å². The van der Waals surface area contributed by atoms with Gasteiger partial charge in [0.2, 0.25) is 0 Å². The Morgan fingerprint density at radius 1 is 1.44 bits per heavy atom. The third kappa shape index (κ3) is 0.996.